The molecule has 7 nitrogen and oxygen atoms in total. The minimum absolute atomic E-state index is 0.133. The number of amides is 1. The van der Waals surface area contributed by atoms with Crippen LogP contribution in [0.5, 0.6) is 11.5 Å². The van der Waals surface area contributed by atoms with Crippen LogP contribution in [0.3, 0.4) is 0 Å². The van der Waals surface area contributed by atoms with Crippen molar-refractivity contribution in [2.45, 2.75) is 13.3 Å². The summed E-state index contributed by atoms with van der Waals surface area (Å²) >= 11 is 0. The Morgan fingerprint density at radius 2 is 1.85 bits per heavy atom. The van der Waals surface area contributed by atoms with Crippen molar-refractivity contribution >= 4 is 38.6 Å². The zero-order valence-electron chi connectivity index (χ0n) is 18.9. The molecule has 172 valence electrons. The highest BCUT2D eigenvalue weighted by molar-refractivity contribution is 6.05. The molecule has 5 rings (SSSR count). The van der Waals surface area contributed by atoms with Crippen LogP contribution in [0.25, 0.3) is 32.6 Å². The molecular formula is C27H24N2O5. The average Bonchev–Trinajstić information content (AvgIpc) is 3.26. The number of fused-ring (bicyclic) bond motifs is 4. The van der Waals surface area contributed by atoms with Crippen molar-refractivity contribution in [3.63, 3.8) is 0 Å². The van der Waals surface area contributed by atoms with E-state index in [0.29, 0.717) is 35.2 Å². The standard InChI is InChI=1S/C27H24N2O5/c1-16-24(10-8-20-19-5-3-4-6-21(19)27(31)34-26(16)20)33-15-25(30)28-12-11-17-14-29-23-9-7-18(32-2)13-22(17)23/h3-10,13-14,29H,11-12,15H2,1-2H3,(H,28,30). The largest absolute Gasteiger partial charge is 0.497 e. The number of carbonyl (C=O) groups is 1. The first-order valence-electron chi connectivity index (χ1n) is 11.0. The van der Waals surface area contributed by atoms with Crippen LogP contribution in [-0.4, -0.2) is 31.2 Å². The monoisotopic (exact) mass is 456 g/mol. The number of rotatable bonds is 7. The third kappa shape index (κ3) is 3.96. The number of carbonyl (C=O) groups excluding carboxylic acids is 1. The number of methoxy groups -OCH3 is 1. The molecule has 34 heavy (non-hydrogen) atoms. The normalized spacial score (nSPS) is 11.2. The molecule has 0 unspecified atom stereocenters. The SMILES string of the molecule is COc1ccc2[nH]cc(CCNC(=O)COc3ccc4c(oc(=O)c5ccccc54)c3C)c2c1. The predicted octanol–water partition coefficient (Wildman–Crippen LogP) is 4.48. The van der Waals surface area contributed by atoms with E-state index < -0.39 is 5.63 Å². The lowest BCUT2D eigenvalue weighted by molar-refractivity contribution is -0.123. The fraction of sp³-hybridized carbons (Fsp3) is 0.185. The van der Waals surface area contributed by atoms with Crippen LogP contribution >= 0.6 is 0 Å². The third-order valence-electron chi connectivity index (χ3n) is 6.04. The van der Waals surface area contributed by atoms with Gasteiger partial charge in [-0.05, 0) is 60.7 Å². The molecule has 2 heterocycles. The van der Waals surface area contributed by atoms with E-state index >= 15 is 0 Å². The van der Waals surface area contributed by atoms with Gasteiger partial charge < -0.3 is 24.2 Å². The average molecular weight is 456 g/mol. The Morgan fingerprint density at radius 1 is 1.03 bits per heavy atom. The topological polar surface area (TPSA) is 93.6 Å². The van der Waals surface area contributed by atoms with Crippen LogP contribution in [0.4, 0.5) is 0 Å². The number of ether oxygens (including phenoxy) is 2. The molecule has 2 N–H and O–H groups in total. The van der Waals surface area contributed by atoms with E-state index in [9.17, 15) is 9.59 Å². The highest BCUT2D eigenvalue weighted by atomic mass is 16.5. The molecule has 1 amide bonds. The maximum Gasteiger partial charge on any atom is 0.344 e. The second-order valence-electron chi connectivity index (χ2n) is 8.11. The van der Waals surface area contributed by atoms with Gasteiger partial charge in [0.05, 0.1) is 12.5 Å². The molecule has 0 aliphatic carbocycles. The highest BCUT2D eigenvalue weighted by Crippen LogP contribution is 2.30. The van der Waals surface area contributed by atoms with Gasteiger partial charge >= 0.3 is 5.63 Å². The zero-order chi connectivity index (χ0) is 23.7. The van der Waals surface area contributed by atoms with E-state index in [2.05, 4.69) is 10.3 Å². The minimum Gasteiger partial charge on any atom is -0.497 e. The molecule has 3 aromatic carbocycles. The van der Waals surface area contributed by atoms with E-state index in [-0.39, 0.29) is 12.5 Å². The Labute approximate surface area is 195 Å². The number of benzene rings is 3. The van der Waals surface area contributed by atoms with Gasteiger partial charge in [-0.15, -0.1) is 0 Å². The lowest BCUT2D eigenvalue weighted by Crippen LogP contribution is -2.30. The van der Waals surface area contributed by atoms with Gasteiger partial charge in [-0.3, -0.25) is 4.79 Å². The van der Waals surface area contributed by atoms with Crippen molar-refractivity contribution in [3.05, 3.63) is 82.3 Å². The Bertz CT molecular complexity index is 1580. The first kappa shape index (κ1) is 21.6. The number of H-pyrrole nitrogens is 1. The van der Waals surface area contributed by atoms with Crippen LogP contribution in [0.15, 0.2) is 70.0 Å². The maximum absolute atomic E-state index is 12.4. The lowest BCUT2D eigenvalue weighted by atomic mass is 10.0. The van der Waals surface area contributed by atoms with Gasteiger partial charge in [0, 0.05) is 34.6 Å². The Hall–Kier alpha value is -4.26. The van der Waals surface area contributed by atoms with Crippen molar-refractivity contribution < 1.29 is 18.7 Å². The van der Waals surface area contributed by atoms with Gasteiger partial charge in [0.2, 0.25) is 0 Å². The summed E-state index contributed by atoms with van der Waals surface area (Å²) in [6.07, 6.45) is 2.62. The summed E-state index contributed by atoms with van der Waals surface area (Å²) in [4.78, 5) is 28.0. The first-order valence-corrected chi connectivity index (χ1v) is 11.0. The molecule has 0 spiro atoms. The van der Waals surface area contributed by atoms with Crippen LogP contribution in [-0.2, 0) is 11.2 Å². The number of nitrogens with one attached hydrogen (secondary N) is 2. The van der Waals surface area contributed by atoms with E-state index in [0.717, 1.165) is 33.0 Å². The number of hydrogen-bond donors (Lipinski definition) is 2. The molecule has 0 aliphatic rings. The second-order valence-corrected chi connectivity index (χ2v) is 8.11. The molecule has 0 atom stereocenters. The zero-order valence-corrected chi connectivity index (χ0v) is 18.9. The molecule has 0 aliphatic heterocycles. The summed E-state index contributed by atoms with van der Waals surface area (Å²) in [6.45, 7) is 2.16. The molecule has 2 aromatic heterocycles. The molecule has 0 bridgehead atoms. The number of aryl methyl sites for hydroxylation is 1. The molecule has 0 saturated heterocycles. The number of hydrogen-bond acceptors (Lipinski definition) is 5. The molecule has 0 fully saturated rings. The lowest BCUT2D eigenvalue weighted by Gasteiger charge is -2.12. The second kappa shape index (κ2) is 8.94. The summed E-state index contributed by atoms with van der Waals surface area (Å²) in [5.41, 5.74) is 2.88. The van der Waals surface area contributed by atoms with E-state index in [1.807, 2.05) is 55.6 Å². The van der Waals surface area contributed by atoms with Crippen LogP contribution in [0.1, 0.15) is 11.1 Å². The van der Waals surface area contributed by atoms with Crippen molar-refractivity contribution in [1.82, 2.24) is 10.3 Å². The fourth-order valence-corrected chi connectivity index (χ4v) is 4.24. The van der Waals surface area contributed by atoms with Crippen molar-refractivity contribution in [1.29, 1.82) is 0 Å². The van der Waals surface area contributed by atoms with Crippen LogP contribution in [0, 0.1) is 6.92 Å². The van der Waals surface area contributed by atoms with Gasteiger partial charge in [0.15, 0.2) is 6.61 Å². The number of aromatic nitrogens is 1. The Balaban J connectivity index is 1.24. The fourth-order valence-electron chi connectivity index (χ4n) is 4.24. The third-order valence-corrected chi connectivity index (χ3v) is 6.04. The van der Waals surface area contributed by atoms with Crippen LogP contribution in [0.2, 0.25) is 0 Å². The van der Waals surface area contributed by atoms with E-state index in [1.165, 1.54) is 0 Å². The summed E-state index contributed by atoms with van der Waals surface area (Å²) < 4.78 is 16.6. The smallest absolute Gasteiger partial charge is 0.344 e. The van der Waals surface area contributed by atoms with E-state index in [4.69, 9.17) is 13.9 Å². The Kier molecular flexibility index (Phi) is 5.67. The predicted molar refractivity (Wildman–Crippen MR) is 132 cm³/mol. The van der Waals surface area contributed by atoms with Crippen molar-refractivity contribution in [3.8, 4) is 11.5 Å². The van der Waals surface area contributed by atoms with Gasteiger partial charge in [-0.1, -0.05) is 18.2 Å². The van der Waals surface area contributed by atoms with Gasteiger partial charge in [0.25, 0.3) is 5.91 Å². The van der Waals surface area contributed by atoms with Gasteiger partial charge in [-0.2, -0.15) is 0 Å². The quantitative estimate of drug-likeness (QED) is 0.278. The van der Waals surface area contributed by atoms with Crippen LogP contribution < -0.4 is 20.4 Å². The molecule has 0 radical (unpaired) electrons. The Morgan fingerprint density at radius 3 is 2.68 bits per heavy atom. The molecule has 5 aromatic rings. The van der Waals surface area contributed by atoms with E-state index in [1.54, 1.807) is 19.2 Å². The highest BCUT2D eigenvalue weighted by Gasteiger charge is 2.13. The summed E-state index contributed by atoms with van der Waals surface area (Å²) in [5, 5.41) is 6.17. The summed E-state index contributed by atoms with van der Waals surface area (Å²) in [5.74, 6) is 1.07. The maximum atomic E-state index is 12.4. The molecule has 7 heteroatoms. The summed E-state index contributed by atoms with van der Waals surface area (Å²) in [7, 11) is 1.64. The summed E-state index contributed by atoms with van der Waals surface area (Å²) in [6, 6.07) is 16.9. The first-order chi connectivity index (χ1) is 16.5. The molecular weight excluding hydrogens is 432 g/mol. The number of aromatic amines is 1. The van der Waals surface area contributed by atoms with Gasteiger partial charge in [0.1, 0.15) is 17.1 Å². The van der Waals surface area contributed by atoms with Crippen molar-refractivity contribution in [2.75, 3.05) is 20.3 Å². The molecule has 0 saturated carbocycles. The minimum atomic E-state index is -0.393. The van der Waals surface area contributed by atoms with Crippen molar-refractivity contribution in [2.24, 2.45) is 0 Å². The van der Waals surface area contributed by atoms with Gasteiger partial charge in [-0.25, -0.2) is 4.79 Å².